The lowest BCUT2D eigenvalue weighted by Gasteiger charge is -2.10. The van der Waals surface area contributed by atoms with Crippen LogP contribution in [-0.2, 0) is 4.79 Å². The second-order valence-corrected chi connectivity index (χ2v) is 6.27. The number of thiazole rings is 1. The Morgan fingerprint density at radius 1 is 1.47 bits per heavy atom. The molecule has 2 aromatic rings. The van der Waals surface area contributed by atoms with Gasteiger partial charge in [0.2, 0.25) is 5.91 Å². The summed E-state index contributed by atoms with van der Waals surface area (Å²) in [6, 6.07) is 7.57. The molecule has 0 saturated carbocycles. The van der Waals surface area contributed by atoms with Gasteiger partial charge >= 0.3 is 6.03 Å². The average Bonchev–Trinajstić information content (AvgIpc) is 3.01. The van der Waals surface area contributed by atoms with Crippen molar-refractivity contribution in [2.75, 3.05) is 18.8 Å². The molecule has 1 aliphatic heterocycles. The van der Waals surface area contributed by atoms with Crippen molar-refractivity contribution < 1.29 is 9.59 Å². The van der Waals surface area contributed by atoms with E-state index in [9.17, 15) is 9.59 Å². The maximum atomic E-state index is 11.9. The van der Waals surface area contributed by atoms with E-state index < -0.39 is 0 Å². The first-order valence-electron chi connectivity index (χ1n) is 5.80. The maximum Gasteiger partial charge on any atom is 0.324 e. The number of urea groups is 1. The molecule has 7 heteroatoms. The van der Waals surface area contributed by atoms with E-state index in [4.69, 9.17) is 0 Å². The SMILES string of the molecule is O=C(CSc1nc2ccccc2s1)N1CCNC1=O. The largest absolute Gasteiger partial charge is 0.336 e. The van der Waals surface area contributed by atoms with Gasteiger partial charge in [-0.25, -0.2) is 9.78 Å². The van der Waals surface area contributed by atoms with Gasteiger partial charge in [-0.1, -0.05) is 23.9 Å². The van der Waals surface area contributed by atoms with Crippen molar-refractivity contribution in [2.45, 2.75) is 4.34 Å². The summed E-state index contributed by atoms with van der Waals surface area (Å²) < 4.78 is 1.96. The Balaban J connectivity index is 1.65. The number of hydrogen-bond acceptors (Lipinski definition) is 5. The fraction of sp³-hybridized carbons (Fsp3) is 0.250. The van der Waals surface area contributed by atoms with Gasteiger partial charge in [0, 0.05) is 13.1 Å². The van der Waals surface area contributed by atoms with Crippen LogP contribution in [0.25, 0.3) is 10.2 Å². The number of rotatable bonds is 3. The van der Waals surface area contributed by atoms with Crippen LogP contribution >= 0.6 is 23.1 Å². The number of hydrogen-bond donors (Lipinski definition) is 1. The maximum absolute atomic E-state index is 11.9. The summed E-state index contributed by atoms with van der Waals surface area (Å²) in [4.78, 5) is 28.9. The first-order chi connectivity index (χ1) is 9.24. The molecule has 1 N–H and O–H groups in total. The van der Waals surface area contributed by atoms with E-state index >= 15 is 0 Å². The molecule has 1 aliphatic rings. The number of benzene rings is 1. The lowest BCUT2D eigenvalue weighted by molar-refractivity contribution is -0.124. The molecule has 1 aromatic heterocycles. The zero-order chi connectivity index (χ0) is 13.2. The average molecular weight is 293 g/mol. The Morgan fingerprint density at radius 2 is 2.32 bits per heavy atom. The predicted octanol–water partition coefficient (Wildman–Crippen LogP) is 1.94. The summed E-state index contributed by atoms with van der Waals surface area (Å²) in [6.45, 7) is 0.994. The topological polar surface area (TPSA) is 62.3 Å². The summed E-state index contributed by atoms with van der Waals surface area (Å²) >= 11 is 2.94. The molecule has 0 bridgehead atoms. The number of carbonyl (C=O) groups excluding carboxylic acids is 2. The van der Waals surface area contributed by atoms with Crippen LogP contribution in [0.3, 0.4) is 0 Å². The molecule has 98 valence electrons. The highest BCUT2D eigenvalue weighted by Crippen LogP contribution is 2.29. The van der Waals surface area contributed by atoms with Gasteiger partial charge in [-0.05, 0) is 12.1 Å². The Kier molecular flexibility index (Phi) is 3.39. The van der Waals surface area contributed by atoms with E-state index in [2.05, 4.69) is 10.3 Å². The standard InChI is InChI=1S/C12H11N3O2S2/c16-10(15-6-5-13-11(15)17)7-18-12-14-8-3-1-2-4-9(8)19-12/h1-4H,5-7H2,(H,13,17). The molecule has 19 heavy (non-hydrogen) atoms. The Morgan fingerprint density at radius 3 is 3.05 bits per heavy atom. The van der Waals surface area contributed by atoms with Gasteiger partial charge in [-0.15, -0.1) is 11.3 Å². The number of para-hydroxylation sites is 1. The third-order valence-electron chi connectivity index (χ3n) is 2.75. The van der Waals surface area contributed by atoms with Crippen LogP contribution in [0.4, 0.5) is 4.79 Å². The van der Waals surface area contributed by atoms with Crippen molar-refractivity contribution >= 4 is 45.3 Å². The van der Waals surface area contributed by atoms with Crippen LogP contribution in [-0.4, -0.2) is 40.7 Å². The van der Waals surface area contributed by atoms with Crippen molar-refractivity contribution in [1.82, 2.24) is 15.2 Å². The Hall–Kier alpha value is -1.60. The molecule has 0 unspecified atom stereocenters. The third kappa shape index (κ3) is 2.57. The van der Waals surface area contributed by atoms with Gasteiger partial charge in [-0.2, -0.15) is 0 Å². The summed E-state index contributed by atoms with van der Waals surface area (Å²) in [7, 11) is 0. The number of amides is 3. The van der Waals surface area contributed by atoms with E-state index in [1.807, 2.05) is 24.3 Å². The highest BCUT2D eigenvalue weighted by atomic mass is 32.2. The van der Waals surface area contributed by atoms with E-state index in [-0.39, 0.29) is 17.7 Å². The predicted molar refractivity (Wildman–Crippen MR) is 75.5 cm³/mol. The Labute approximate surface area is 118 Å². The van der Waals surface area contributed by atoms with Crippen molar-refractivity contribution in [2.24, 2.45) is 0 Å². The van der Waals surface area contributed by atoms with Gasteiger partial charge in [0.1, 0.15) is 0 Å². The van der Waals surface area contributed by atoms with E-state index in [0.29, 0.717) is 13.1 Å². The fourth-order valence-corrected chi connectivity index (χ4v) is 3.77. The molecule has 3 rings (SSSR count). The van der Waals surface area contributed by atoms with Gasteiger partial charge in [0.25, 0.3) is 0 Å². The molecule has 1 saturated heterocycles. The van der Waals surface area contributed by atoms with Crippen LogP contribution in [0.2, 0.25) is 0 Å². The minimum atomic E-state index is -0.296. The highest BCUT2D eigenvalue weighted by molar-refractivity contribution is 8.01. The molecule has 3 amide bonds. The molecule has 0 aliphatic carbocycles. The minimum Gasteiger partial charge on any atom is -0.336 e. The normalized spacial score (nSPS) is 14.9. The number of nitrogens with one attached hydrogen (secondary N) is 1. The molecule has 0 atom stereocenters. The van der Waals surface area contributed by atoms with Crippen LogP contribution < -0.4 is 5.32 Å². The lowest BCUT2D eigenvalue weighted by atomic mass is 10.3. The molecule has 2 heterocycles. The van der Waals surface area contributed by atoms with Crippen LogP contribution in [0.15, 0.2) is 28.6 Å². The van der Waals surface area contributed by atoms with Crippen molar-refractivity contribution in [3.05, 3.63) is 24.3 Å². The zero-order valence-corrected chi connectivity index (χ0v) is 11.6. The van der Waals surface area contributed by atoms with Crippen molar-refractivity contribution in [3.63, 3.8) is 0 Å². The van der Waals surface area contributed by atoms with Crippen LogP contribution in [0.1, 0.15) is 0 Å². The molecule has 1 aromatic carbocycles. The van der Waals surface area contributed by atoms with Gasteiger partial charge in [0.05, 0.1) is 16.0 Å². The fourth-order valence-electron chi connectivity index (χ4n) is 1.82. The molecule has 1 fully saturated rings. The summed E-state index contributed by atoms with van der Waals surface area (Å²) in [6.07, 6.45) is 0. The van der Waals surface area contributed by atoms with E-state index in [0.717, 1.165) is 14.6 Å². The number of thioether (sulfide) groups is 1. The number of carbonyl (C=O) groups is 2. The second-order valence-electron chi connectivity index (χ2n) is 4.01. The van der Waals surface area contributed by atoms with Gasteiger partial charge in [0.15, 0.2) is 4.34 Å². The number of imide groups is 1. The minimum absolute atomic E-state index is 0.167. The number of nitrogens with zero attached hydrogens (tertiary/aromatic N) is 2. The summed E-state index contributed by atoms with van der Waals surface area (Å²) in [5.74, 6) is 0.0759. The van der Waals surface area contributed by atoms with E-state index in [1.165, 1.54) is 16.7 Å². The molecular formula is C12H11N3O2S2. The van der Waals surface area contributed by atoms with Crippen LogP contribution in [0, 0.1) is 0 Å². The molecular weight excluding hydrogens is 282 g/mol. The molecule has 0 radical (unpaired) electrons. The summed E-state index contributed by atoms with van der Waals surface area (Å²) in [5.41, 5.74) is 0.946. The number of aromatic nitrogens is 1. The monoisotopic (exact) mass is 293 g/mol. The first-order valence-corrected chi connectivity index (χ1v) is 7.61. The van der Waals surface area contributed by atoms with E-state index in [1.54, 1.807) is 11.3 Å². The second kappa shape index (κ2) is 5.18. The Bertz CT molecular complexity index is 608. The van der Waals surface area contributed by atoms with Gasteiger partial charge in [-0.3, -0.25) is 9.69 Å². The quantitative estimate of drug-likeness (QED) is 0.879. The van der Waals surface area contributed by atoms with Crippen molar-refractivity contribution in [3.8, 4) is 0 Å². The number of fused-ring (bicyclic) bond motifs is 1. The first kappa shape index (κ1) is 12.4. The van der Waals surface area contributed by atoms with Crippen molar-refractivity contribution in [1.29, 1.82) is 0 Å². The molecule has 5 nitrogen and oxygen atoms in total. The van der Waals surface area contributed by atoms with Gasteiger partial charge < -0.3 is 5.32 Å². The zero-order valence-electron chi connectivity index (χ0n) is 9.96. The molecule has 0 spiro atoms. The van der Waals surface area contributed by atoms with Crippen LogP contribution in [0.5, 0.6) is 0 Å². The summed E-state index contributed by atoms with van der Waals surface area (Å²) in [5, 5.41) is 2.61. The third-order valence-corrected chi connectivity index (χ3v) is 4.92. The smallest absolute Gasteiger partial charge is 0.324 e. The highest BCUT2D eigenvalue weighted by Gasteiger charge is 2.25. The lowest BCUT2D eigenvalue weighted by Crippen LogP contribution is -2.35.